The number of nitrogens with one attached hydrogen (secondary N) is 9. The molecule has 19 N–H and O–H groups in total. The van der Waals surface area contributed by atoms with Gasteiger partial charge in [-0.15, -0.1) is 0 Å². The number of carboxylic acids is 1. The summed E-state index contributed by atoms with van der Waals surface area (Å²) in [6, 6.07) is -4.79. The SMILES string of the molecule is CC(C)C[C@H](N)C(=O)N[C@H](C(=O)N[C@H](C(=O)N[C@@H](CCC(N)=O)C(=O)N[C@H](C(=O)N[C@@H](C)C(=O)N[C@@H](CCCN=C(N)N)C(=O)N[C@H](C(=O)N[C@@H](Cc1c[nH]c2ccccc12)C(=O)O)C(C)C)C(C)C)C(C)C)[C@@H](C)O. The summed E-state index contributed by atoms with van der Waals surface area (Å²) in [5.41, 5.74) is 23.7. The number of aliphatic hydroxyl groups is 1. The number of benzene rings is 1. The smallest absolute Gasteiger partial charge is 0.326 e. The van der Waals surface area contributed by atoms with Crippen LogP contribution in [-0.4, -0.2) is 147 Å². The highest BCUT2D eigenvalue weighted by atomic mass is 16.4. The van der Waals surface area contributed by atoms with E-state index in [1.165, 1.54) is 13.8 Å². The number of aromatic amines is 1. The third-order valence-corrected chi connectivity index (χ3v) is 12.2. The van der Waals surface area contributed by atoms with Gasteiger partial charge >= 0.3 is 5.97 Å². The molecule has 0 saturated carbocycles. The van der Waals surface area contributed by atoms with Crippen molar-refractivity contribution in [2.75, 3.05) is 6.54 Å². The van der Waals surface area contributed by atoms with Gasteiger partial charge in [-0.3, -0.25) is 48.1 Å². The van der Waals surface area contributed by atoms with Gasteiger partial charge in [-0.05, 0) is 74.8 Å². The summed E-state index contributed by atoms with van der Waals surface area (Å²) in [5.74, 6) is -10.9. The highest BCUT2D eigenvalue weighted by Gasteiger charge is 2.37. The Hall–Kier alpha value is -7.35. The van der Waals surface area contributed by atoms with Crippen molar-refractivity contribution >= 4 is 76.0 Å². The number of aliphatic hydroxyl groups excluding tert-OH is 1. The number of nitrogens with zero attached hydrogens (tertiary/aromatic N) is 1. The molecule has 0 radical (unpaired) electrons. The molecule has 0 aliphatic rings. The second kappa shape index (κ2) is 30.9. The van der Waals surface area contributed by atoms with E-state index in [2.05, 4.69) is 52.5 Å². The van der Waals surface area contributed by atoms with Gasteiger partial charge in [0, 0.05) is 36.5 Å². The van der Waals surface area contributed by atoms with Gasteiger partial charge in [0.05, 0.1) is 12.1 Å². The maximum Gasteiger partial charge on any atom is 0.326 e. The molecule has 26 nitrogen and oxygen atoms in total. The molecule has 0 saturated heterocycles. The molecule has 26 heteroatoms. The van der Waals surface area contributed by atoms with E-state index in [0.29, 0.717) is 12.0 Å². The first-order valence-electron chi connectivity index (χ1n) is 25.4. The average molecular weight is 1070 g/mol. The number of rotatable bonds is 32. The Labute approximate surface area is 443 Å². The molecule has 76 heavy (non-hydrogen) atoms. The Kier molecular flexibility index (Phi) is 26.3. The van der Waals surface area contributed by atoms with Crippen molar-refractivity contribution in [3.63, 3.8) is 0 Å². The molecule has 9 amide bonds. The molecule has 1 aromatic carbocycles. The normalized spacial score (nSPS) is 15.4. The number of nitrogens with two attached hydrogens (primary N) is 4. The number of carbonyl (C=O) groups is 10. The van der Waals surface area contributed by atoms with Crippen LogP contribution in [0, 0.1) is 23.7 Å². The number of carboxylic acid groups (broad SMARTS) is 1. The van der Waals surface area contributed by atoms with Gasteiger partial charge in [-0.25, -0.2) is 4.79 Å². The number of aromatic nitrogens is 1. The Balaban J connectivity index is 2.28. The van der Waals surface area contributed by atoms with Crippen LogP contribution < -0.4 is 65.5 Å². The molecule has 0 aliphatic heterocycles. The lowest BCUT2D eigenvalue weighted by atomic mass is 9.99. The van der Waals surface area contributed by atoms with Crippen molar-refractivity contribution in [1.29, 1.82) is 0 Å². The molecular weight excluding hydrogens is 989 g/mol. The molecule has 0 spiro atoms. The van der Waals surface area contributed by atoms with E-state index in [1.807, 2.05) is 32.0 Å². The Morgan fingerprint density at radius 1 is 0.579 bits per heavy atom. The Morgan fingerprint density at radius 3 is 1.53 bits per heavy atom. The van der Waals surface area contributed by atoms with E-state index >= 15 is 0 Å². The molecule has 0 aliphatic carbocycles. The first-order valence-corrected chi connectivity index (χ1v) is 25.4. The number of H-pyrrole nitrogens is 1. The lowest BCUT2D eigenvalue weighted by Gasteiger charge is -2.30. The summed E-state index contributed by atoms with van der Waals surface area (Å²) in [5, 5.41) is 41.6. The van der Waals surface area contributed by atoms with Crippen molar-refractivity contribution in [3.8, 4) is 0 Å². The molecule has 1 heterocycles. The van der Waals surface area contributed by atoms with E-state index in [1.54, 1.807) is 53.8 Å². The molecule has 0 unspecified atom stereocenters. The minimum absolute atomic E-state index is 0.0514. The van der Waals surface area contributed by atoms with Crippen LogP contribution in [0.3, 0.4) is 0 Å². The predicted octanol–water partition coefficient (Wildman–Crippen LogP) is -2.27. The number of para-hydroxylation sites is 1. The number of aliphatic imine (C=N–C) groups is 1. The second-order valence-electron chi connectivity index (χ2n) is 20.4. The Bertz CT molecular complexity index is 2370. The van der Waals surface area contributed by atoms with E-state index in [0.717, 1.165) is 10.9 Å². The van der Waals surface area contributed by atoms with Gasteiger partial charge < -0.3 is 80.7 Å². The molecule has 424 valence electrons. The van der Waals surface area contributed by atoms with Gasteiger partial charge in [0.2, 0.25) is 53.2 Å². The van der Waals surface area contributed by atoms with Gasteiger partial charge in [-0.1, -0.05) is 73.6 Å². The van der Waals surface area contributed by atoms with Crippen LogP contribution >= 0.6 is 0 Å². The Morgan fingerprint density at radius 2 is 1.04 bits per heavy atom. The minimum Gasteiger partial charge on any atom is -0.480 e. The standard InChI is InChI=1S/C50H82N14O12/c1-23(2)20-31(51)42(68)64-40(28(10)65)48(74)63-39(26(7)8)46(72)59-34(17-18-36(52)66)44(70)61-37(24(3)4)45(71)57-27(9)41(67)58-33(16-13-19-55-50(53)54)43(69)62-38(25(5)6)47(73)60-35(49(75)76)21-29-22-56-32-15-12-11-14-30(29)32/h11-12,14-15,22-28,31,33-35,37-40,56,65H,13,16-21,51H2,1-10H3,(H2,52,66)(H,57,71)(H,58,67)(H,59,72)(H,60,73)(H,61,70)(H,62,69)(H,63,74)(H,64,68)(H,75,76)(H4,53,54,55)/t27-,28+,31-,33-,34-,35-,37-,38-,39-,40-/m0/s1. The molecule has 1 aromatic heterocycles. The summed E-state index contributed by atoms with van der Waals surface area (Å²) < 4.78 is 0. The molecule has 0 fully saturated rings. The van der Waals surface area contributed by atoms with Crippen molar-refractivity contribution in [2.24, 2.45) is 51.6 Å². The monoisotopic (exact) mass is 1070 g/mol. The van der Waals surface area contributed by atoms with Crippen molar-refractivity contribution < 1.29 is 58.2 Å². The maximum absolute atomic E-state index is 14.0. The van der Waals surface area contributed by atoms with Gasteiger partial charge in [0.25, 0.3) is 0 Å². The lowest BCUT2D eigenvalue weighted by molar-refractivity contribution is -0.142. The number of amides is 9. The third kappa shape index (κ3) is 21.1. The topological polar surface area (TPSA) is 440 Å². The fourth-order valence-corrected chi connectivity index (χ4v) is 7.87. The molecule has 10 atom stereocenters. The number of aliphatic carboxylic acids is 1. The number of primary amides is 1. The van der Waals surface area contributed by atoms with E-state index in [4.69, 9.17) is 22.9 Å². The van der Waals surface area contributed by atoms with E-state index in [9.17, 15) is 58.2 Å². The number of carbonyl (C=O) groups excluding carboxylic acids is 9. The number of hydrogen-bond donors (Lipinski definition) is 15. The minimum atomic E-state index is -1.51. The summed E-state index contributed by atoms with van der Waals surface area (Å²) in [6.07, 6.45) is -0.166. The van der Waals surface area contributed by atoms with Gasteiger partial charge in [-0.2, -0.15) is 0 Å². The third-order valence-electron chi connectivity index (χ3n) is 12.2. The fraction of sp³-hybridized carbons (Fsp3) is 0.620. The summed E-state index contributed by atoms with van der Waals surface area (Å²) >= 11 is 0. The zero-order valence-electron chi connectivity index (χ0n) is 45.2. The number of hydrogen-bond acceptors (Lipinski definition) is 13. The fourth-order valence-electron chi connectivity index (χ4n) is 7.87. The summed E-state index contributed by atoms with van der Waals surface area (Å²) in [7, 11) is 0. The average Bonchev–Trinajstić information content (AvgIpc) is 3.73. The summed E-state index contributed by atoms with van der Waals surface area (Å²) in [6.45, 7) is 15.9. The highest BCUT2D eigenvalue weighted by molar-refractivity contribution is 5.98. The molecule has 2 rings (SSSR count). The molecular formula is C50H82N14O12. The van der Waals surface area contributed by atoms with Gasteiger partial charge in [0.1, 0.15) is 48.3 Å². The quantitative estimate of drug-likeness (QED) is 0.0209. The van der Waals surface area contributed by atoms with Crippen LogP contribution in [0.4, 0.5) is 0 Å². The number of fused-ring (bicyclic) bond motifs is 1. The maximum atomic E-state index is 14.0. The van der Waals surface area contributed by atoms with Crippen LogP contribution in [0.15, 0.2) is 35.5 Å². The largest absolute Gasteiger partial charge is 0.480 e. The van der Waals surface area contributed by atoms with Crippen LogP contribution in [0.1, 0.15) is 107 Å². The first-order chi connectivity index (χ1) is 35.4. The van der Waals surface area contributed by atoms with Crippen LogP contribution in [0.5, 0.6) is 0 Å². The van der Waals surface area contributed by atoms with E-state index < -0.39 is 144 Å². The van der Waals surface area contributed by atoms with Crippen molar-refractivity contribution in [2.45, 2.75) is 168 Å². The zero-order valence-corrected chi connectivity index (χ0v) is 45.2. The van der Waals surface area contributed by atoms with Crippen LogP contribution in [0.2, 0.25) is 0 Å². The zero-order chi connectivity index (χ0) is 57.7. The van der Waals surface area contributed by atoms with Crippen molar-refractivity contribution in [1.82, 2.24) is 47.5 Å². The molecule has 0 bridgehead atoms. The summed E-state index contributed by atoms with van der Waals surface area (Å²) in [4.78, 5) is 141. The van der Waals surface area contributed by atoms with E-state index in [-0.39, 0.29) is 44.1 Å². The van der Waals surface area contributed by atoms with Gasteiger partial charge in [0.15, 0.2) is 5.96 Å². The first kappa shape index (κ1) is 64.8. The predicted molar refractivity (Wildman–Crippen MR) is 283 cm³/mol. The lowest BCUT2D eigenvalue weighted by Crippen LogP contribution is -2.62. The van der Waals surface area contributed by atoms with Crippen molar-refractivity contribution in [3.05, 3.63) is 36.0 Å². The second-order valence-corrected chi connectivity index (χ2v) is 20.4. The number of guanidine groups is 1. The molecule has 2 aromatic rings. The van der Waals surface area contributed by atoms with Crippen LogP contribution in [0.25, 0.3) is 10.9 Å². The highest BCUT2D eigenvalue weighted by Crippen LogP contribution is 2.20. The van der Waals surface area contributed by atoms with Crippen LogP contribution in [-0.2, 0) is 54.4 Å².